The average Bonchev–Trinajstić information content (AvgIpc) is 2.93. The fraction of sp³-hybridized carbons (Fsp3) is 0.263. The highest BCUT2D eigenvalue weighted by Crippen LogP contribution is 2.31. The maximum Gasteiger partial charge on any atom is 0.256 e. The van der Waals surface area contributed by atoms with Crippen LogP contribution in [0, 0.1) is 0 Å². The molecule has 0 aliphatic rings. The molecule has 0 saturated heterocycles. The number of aryl methyl sites for hydroxylation is 1. The molecule has 0 saturated carbocycles. The van der Waals surface area contributed by atoms with Crippen LogP contribution >= 0.6 is 0 Å². The average molecular weight is 307 g/mol. The molecular weight excluding hydrogens is 286 g/mol. The molecular formula is C19H21N3O. The van der Waals surface area contributed by atoms with Gasteiger partial charge in [-0.2, -0.15) is 0 Å². The van der Waals surface area contributed by atoms with E-state index in [0.717, 1.165) is 22.2 Å². The molecule has 118 valence electrons. The number of aromatic nitrogens is 2. The Morgan fingerprint density at radius 1 is 1.13 bits per heavy atom. The van der Waals surface area contributed by atoms with Crippen LogP contribution in [0.15, 0.2) is 48.8 Å². The van der Waals surface area contributed by atoms with Gasteiger partial charge in [0, 0.05) is 49.0 Å². The number of pyridine rings is 1. The third-order valence-electron chi connectivity index (χ3n) is 4.24. The lowest BCUT2D eigenvalue weighted by Gasteiger charge is -2.19. The van der Waals surface area contributed by atoms with Crippen molar-refractivity contribution in [2.24, 2.45) is 7.05 Å². The molecule has 2 heterocycles. The Balaban J connectivity index is 2.19. The Morgan fingerprint density at radius 3 is 2.61 bits per heavy atom. The fourth-order valence-corrected chi connectivity index (χ4v) is 3.00. The SMILES string of the molecule is CCN(CC)C(=O)c1cccnc1-c1cn(C)c2ccccc12. The summed E-state index contributed by atoms with van der Waals surface area (Å²) in [5.74, 6) is 0.0334. The van der Waals surface area contributed by atoms with E-state index in [-0.39, 0.29) is 5.91 Å². The quantitative estimate of drug-likeness (QED) is 0.737. The van der Waals surface area contributed by atoms with E-state index in [9.17, 15) is 4.79 Å². The van der Waals surface area contributed by atoms with Gasteiger partial charge in [0.15, 0.2) is 0 Å². The fourth-order valence-electron chi connectivity index (χ4n) is 3.00. The van der Waals surface area contributed by atoms with E-state index in [4.69, 9.17) is 0 Å². The number of rotatable bonds is 4. The van der Waals surface area contributed by atoms with Gasteiger partial charge in [-0.1, -0.05) is 18.2 Å². The first-order chi connectivity index (χ1) is 11.2. The van der Waals surface area contributed by atoms with Gasteiger partial charge in [-0.3, -0.25) is 9.78 Å². The van der Waals surface area contributed by atoms with Gasteiger partial charge in [0.1, 0.15) is 0 Å². The molecule has 0 spiro atoms. The van der Waals surface area contributed by atoms with Gasteiger partial charge >= 0.3 is 0 Å². The van der Waals surface area contributed by atoms with Crippen molar-refractivity contribution in [1.82, 2.24) is 14.5 Å². The van der Waals surface area contributed by atoms with Crippen LogP contribution in [0.5, 0.6) is 0 Å². The summed E-state index contributed by atoms with van der Waals surface area (Å²) in [5, 5.41) is 1.11. The van der Waals surface area contributed by atoms with Crippen LogP contribution in [-0.4, -0.2) is 33.4 Å². The largest absolute Gasteiger partial charge is 0.350 e. The predicted molar refractivity (Wildman–Crippen MR) is 93.4 cm³/mol. The van der Waals surface area contributed by atoms with E-state index in [1.807, 2.05) is 56.3 Å². The number of amides is 1. The standard InChI is InChI=1S/C19H21N3O/c1-4-22(5-2)19(23)15-10-8-12-20-18(15)16-13-21(3)17-11-7-6-9-14(16)17/h6-13H,4-5H2,1-3H3. The number of carbonyl (C=O) groups excluding carboxylic acids is 1. The number of para-hydroxylation sites is 1. The normalized spacial score (nSPS) is 10.9. The summed E-state index contributed by atoms with van der Waals surface area (Å²) in [4.78, 5) is 19.2. The number of hydrogen-bond donors (Lipinski definition) is 0. The zero-order chi connectivity index (χ0) is 16.4. The minimum absolute atomic E-state index is 0.0334. The van der Waals surface area contributed by atoms with Gasteiger partial charge in [-0.25, -0.2) is 0 Å². The second-order valence-electron chi connectivity index (χ2n) is 5.55. The number of fused-ring (bicyclic) bond motifs is 1. The lowest BCUT2D eigenvalue weighted by atomic mass is 10.0. The van der Waals surface area contributed by atoms with Crippen LogP contribution < -0.4 is 0 Å². The van der Waals surface area contributed by atoms with Crippen LogP contribution in [0.2, 0.25) is 0 Å². The molecule has 1 aromatic carbocycles. The zero-order valence-corrected chi connectivity index (χ0v) is 13.8. The number of hydrogen-bond acceptors (Lipinski definition) is 2. The van der Waals surface area contributed by atoms with Crippen molar-refractivity contribution in [3.05, 3.63) is 54.4 Å². The molecule has 0 N–H and O–H groups in total. The molecule has 0 aliphatic heterocycles. The van der Waals surface area contributed by atoms with E-state index >= 15 is 0 Å². The Labute approximate surface area is 136 Å². The maximum absolute atomic E-state index is 12.8. The molecule has 2 aromatic heterocycles. The molecule has 3 aromatic rings. The molecule has 0 unspecified atom stereocenters. The minimum atomic E-state index is 0.0334. The number of benzene rings is 1. The summed E-state index contributed by atoms with van der Waals surface area (Å²) < 4.78 is 2.07. The topological polar surface area (TPSA) is 38.1 Å². The maximum atomic E-state index is 12.8. The summed E-state index contributed by atoms with van der Waals surface area (Å²) in [6, 6.07) is 11.9. The first kappa shape index (κ1) is 15.3. The molecule has 1 amide bonds. The van der Waals surface area contributed by atoms with E-state index < -0.39 is 0 Å². The second kappa shape index (κ2) is 6.24. The molecule has 0 atom stereocenters. The van der Waals surface area contributed by atoms with Gasteiger partial charge < -0.3 is 9.47 Å². The Morgan fingerprint density at radius 2 is 1.87 bits per heavy atom. The van der Waals surface area contributed by atoms with E-state index in [1.54, 1.807) is 6.20 Å². The zero-order valence-electron chi connectivity index (χ0n) is 13.8. The second-order valence-corrected chi connectivity index (χ2v) is 5.55. The highest BCUT2D eigenvalue weighted by molar-refractivity contribution is 6.04. The highest BCUT2D eigenvalue weighted by atomic mass is 16.2. The monoisotopic (exact) mass is 307 g/mol. The first-order valence-electron chi connectivity index (χ1n) is 7.96. The summed E-state index contributed by atoms with van der Waals surface area (Å²) in [5.41, 5.74) is 3.54. The highest BCUT2D eigenvalue weighted by Gasteiger charge is 2.20. The van der Waals surface area contributed by atoms with Crippen molar-refractivity contribution in [1.29, 1.82) is 0 Å². The van der Waals surface area contributed by atoms with Crippen molar-refractivity contribution < 1.29 is 4.79 Å². The van der Waals surface area contributed by atoms with Gasteiger partial charge in [0.2, 0.25) is 0 Å². The predicted octanol–water partition coefficient (Wildman–Crippen LogP) is 3.72. The summed E-state index contributed by atoms with van der Waals surface area (Å²) in [6.45, 7) is 5.38. The smallest absolute Gasteiger partial charge is 0.256 e. The van der Waals surface area contributed by atoms with Gasteiger partial charge in [-0.15, -0.1) is 0 Å². The number of carbonyl (C=O) groups is 1. The molecule has 3 rings (SSSR count). The number of nitrogens with zero attached hydrogens (tertiary/aromatic N) is 3. The molecule has 4 heteroatoms. The lowest BCUT2D eigenvalue weighted by Crippen LogP contribution is -2.31. The molecule has 4 nitrogen and oxygen atoms in total. The molecule has 0 fully saturated rings. The third kappa shape index (κ3) is 2.61. The Bertz CT molecular complexity index is 847. The van der Waals surface area contributed by atoms with Crippen LogP contribution in [0.1, 0.15) is 24.2 Å². The minimum Gasteiger partial charge on any atom is -0.350 e. The van der Waals surface area contributed by atoms with Crippen molar-refractivity contribution in [3.63, 3.8) is 0 Å². The Hall–Kier alpha value is -2.62. The summed E-state index contributed by atoms with van der Waals surface area (Å²) >= 11 is 0. The van der Waals surface area contributed by atoms with Gasteiger partial charge in [0.25, 0.3) is 5.91 Å². The Kier molecular flexibility index (Phi) is 4.15. The van der Waals surface area contributed by atoms with Crippen molar-refractivity contribution in [2.75, 3.05) is 13.1 Å². The van der Waals surface area contributed by atoms with Crippen molar-refractivity contribution >= 4 is 16.8 Å². The van der Waals surface area contributed by atoms with Crippen LogP contribution in [0.25, 0.3) is 22.2 Å². The molecule has 0 bridgehead atoms. The molecule has 23 heavy (non-hydrogen) atoms. The summed E-state index contributed by atoms with van der Waals surface area (Å²) in [7, 11) is 2.01. The van der Waals surface area contributed by atoms with Crippen molar-refractivity contribution in [2.45, 2.75) is 13.8 Å². The lowest BCUT2D eigenvalue weighted by molar-refractivity contribution is 0.0773. The van der Waals surface area contributed by atoms with Gasteiger partial charge in [0.05, 0.1) is 11.3 Å². The molecule has 0 radical (unpaired) electrons. The van der Waals surface area contributed by atoms with E-state index in [0.29, 0.717) is 18.7 Å². The molecule has 0 aliphatic carbocycles. The van der Waals surface area contributed by atoms with Crippen LogP contribution in [0.4, 0.5) is 0 Å². The third-order valence-corrected chi connectivity index (χ3v) is 4.24. The van der Waals surface area contributed by atoms with Crippen molar-refractivity contribution in [3.8, 4) is 11.3 Å². The van der Waals surface area contributed by atoms with Crippen LogP contribution in [-0.2, 0) is 7.05 Å². The van der Waals surface area contributed by atoms with Gasteiger partial charge in [-0.05, 0) is 32.0 Å². The van der Waals surface area contributed by atoms with E-state index in [1.165, 1.54) is 0 Å². The summed E-state index contributed by atoms with van der Waals surface area (Å²) in [6.07, 6.45) is 3.79. The first-order valence-corrected chi connectivity index (χ1v) is 7.96. The van der Waals surface area contributed by atoms with Crippen LogP contribution in [0.3, 0.4) is 0 Å². The van der Waals surface area contributed by atoms with E-state index in [2.05, 4.69) is 21.7 Å².